The molecule has 0 aliphatic heterocycles. The number of nitrogens with zero attached hydrogens (tertiary/aromatic N) is 2. The highest BCUT2D eigenvalue weighted by molar-refractivity contribution is 5.25. The van der Waals surface area contributed by atoms with Crippen LogP contribution in [-0.2, 0) is 11.2 Å². The summed E-state index contributed by atoms with van der Waals surface area (Å²) in [5, 5.41) is 3.16. The van der Waals surface area contributed by atoms with Crippen LogP contribution in [0.4, 0.5) is 0 Å². The Morgan fingerprint density at radius 2 is 1.72 bits per heavy atom. The summed E-state index contributed by atoms with van der Waals surface area (Å²) in [6.45, 7) is 9.29. The number of ether oxygens (including phenoxy) is 1. The molecule has 18 heavy (non-hydrogen) atoms. The highest BCUT2D eigenvalue weighted by Crippen LogP contribution is 2.23. The summed E-state index contributed by atoms with van der Waals surface area (Å²) < 4.78 is 5.49. The fourth-order valence-electron chi connectivity index (χ4n) is 2.18. The molecule has 1 atom stereocenters. The van der Waals surface area contributed by atoms with Crippen molar-refractivity contribution in [3.8, 4) is 0 Å². The minimum atomic E-state index is -0.0271. The Morgan fingerprint density at radius 1 is 1.17 bits per heavy atom. The average molecular weight is 251 g/mol. The molecule has 1 unspecified atom stereocenters. The predicted molar refractivity (Wildman–Crippen MR) is 73.7 cm³/mol. The normalized spacial score (nSPS) is 13.1. The molecule has 4 heteroatoms. The van der Waals surface area contributed by atoms with Gasteiger partial charge >= 0.3 is 0 Å². The molecule has 1 heterocycles. The maximum absolute atomic E-state index is 5.49. The van der Waals surface area contributed by atoms with Gasteiger partial charge in [0.05, 0.1) is 0 Å². The zero-order valence-electron chi connectivity index (χ0n) is 12.4. The molecule has 0 amide bonds. The zero-order valence-corrected chi connectivity index (χ0v) is 12.4. The SMILES string of the molecule is CNCCc1c(C)nc(C(OC)C(C)C)nc1C. The van der Waals surface area contributed by atoms with Crippen LogP contribution in [0.5, 0.6) is 0 Å². The van der Waals surface area contributed by atoms with Crippen LogP contribution in [0.25, 0.3) is 0 Å². The lowest BCUT2D eigenvalue weighted by molar-refractivity contribution is 0.0571. The van der Waals surface area contributed by atoms with Gasteiger partial charge < -0.3 is 10.1 Å². The van der Waals surface area contributed by atoms with Crippen molar-refractivity contribution in [1.29, 1.82) is 0 Å². The van der Waals surface area contributed by atoms with Crippen molar-refractivity contribution in [3.63, 3.8) is 0 Å². The third-order valence-corrected chi connectivity index (χ3v) is 3.18. The number of rotatable bonds is 6. The van der Waals surface area contributed by atoms with Gasteiger partial charge in [-0.2, -0.15) is 0 Å². The molecule has 1 rings (SSSR count). The first-order chi connectivity index (χ1) is 8.51. The van der Waals surface area contributed by atoms with E-state index >= 15 is 0 Å². The molecule has 0 aliphatic rings. The monoisotopic (exact) mass is 251 g/mol. The largest absolute Gasteiger partial charge is 0.373 e. The van der Waals surface area contributed by atoms with Gasteiger partial charge in [0.2, 0.25) is 0 Å². The van der Waals surface area contributed by atoms with Crippen molar-refractivity contribution in [2.24, 2.45) is 5.92 Å². The Balaban J connectivity index is 3.05. The maximum Gasteiger partial charge on any atom is 0.157 e. The maximum atomic E-state index is 5.49. The van der Waals surface area contributed by atoms with Crippen molar-refractivity contribution < 1.29 is 4.74 Å². The Kier molecular flexibility index (Phi) is 5.69. The van der Waals surface area contributed by atoms with Gasteiger partial charge in [-0.25, -0.2) is 9.97 Å². The predicted octanol–water partition coefficient (Wildman–Crippen LogP) is 2.20. The lowest BCUT2D eigenvalue weighted by atomic mass is 10.0. The van der Waals surface area contributed by atoms with Gasteiger partial charge in [0, 0.05) is 18.5 Å². The van der Waals surface area contributed by atoms with E-state index in [-0.39, 0.29) is 6.10 Å². The Bertz CT molecular complexity index is 368. The van der Waals surface area contributed by atoms with Crippen LogP contribution >= 0.6 is 0 Å². The highest BCUT2D eigenvalue weighted by Gasteiger charge is 2.20. The number of aromatic nitrogens is 2. The quantitative estimate of drug-likeness (QED) is 0.842. The first kappa shape index (κ1) is 15.1. The van der Waals surface area contributed by atoms with Crippen molar-refractivity contribution >= 4 is 0 Å². The van der Waals surface area contributed by atoms with Crippen LogP contribution < -0.4 is 5.32 Å². The smallest absolute Gasteiger partial charge is 0.157 e. The second-order valence-electron chi connectivity index (χ2n) is 4.99. The molecule has 0 saturated carbocycles. The molecule has 0 saturated heterocycles. The molecule has 102 valence electrons. The van der Waals surface area contributed by atoms with Crippen LogP contribution in [0, 0.1) is 19.8 Å². The molecule has 0 fully saturated rings. The fourth-order valence-corrected chi connectivity index (χ4v) is 2.18. The van der Waals surface area contributed by atoms with E-state index in [1.165, 1.54) is 5.56 Å². The van der Waals surface area contributed by atoms with E-state index in [0.717, 1.165) is 30.2 Å². The number of methoxy groups -OCH3 is 1. The van der Waals surface area contributed by atoms with Gasteiger partial charge in [-0.1, -0.05) is 13.8 Å². The van der Waals surface area contributed by atoms with Crippen molar-refractivity contribution in [3.05, 3.63) is 22.8 Å². The summed E-state index contributed by atoms with van der Waals surface area (Å²) in [6.07, 6.45) is 0.939. The van der Waals surface area contributed by atoms with Crippen molar-refractivity contribution in [2.75, 3.05) is 20.7 Å². The Hall–Kier alpha value is -1.00. The lowest BCUT2D eigenvalue weighted by Gasteiger charge is -2.20. The molecule has 1 aromatic heterocycles. The van der Waals surface area contributed by atoms with Gasteiger partial charge in [0.25, 0.3) is 0 Å². The number of aryl methyl sites for hydroxylation is 2. The molecule has 1 aromatic rings. The van der Waals surface area contributed by atoms with E-state index in [4.69, 9.17) is 4.74 Å². The van der Waals surface area contributed by atoms with Crippen LogP contribution in [0.1, 0.15) is 42.7 Å². The van der Waals surface area contributed by atoms with E-state index in [0.29, 0.717) is 5.92 Å². The van der Waals surface area contributed by atoms with Gasteiger partial charge in [-0.15, -0.1) is 0 Å². The summed E-state index contributed by atoms with van der Waals surface area (Å²) >= 11 is 0. The minimum absolute atomic E-state index is 0.0271. The molecular weight excluding hydrogens is 226 g/mol. The van der Waals surface area contributed by atoms with Crippen LogP contribution in [0.15, 0.2) is 0 Å². The summed E-state index contributed by atoms with van der Waals surface area (Å²) in [7, 11) is 3.67. The summed E-state index contributed by atoms with van der Waals surface area (Å²) in [4.78, 5) is 9.23. The second kappa shape index (κ2) is 6.81. The first-order valence-corrected chi connectivity index (χ1v) is 6.52. The van der Waals surface area contributed by atoms with E-state index in [1.54, 1.807) is 7.11 Å². The number of likely N-dealkylation sites (N-methyl/N-ethyl adjacent to an activating group) is 1. The molecule has 1 N–H and O–H groups in total. The van der Waals surface area contributed by atoms with E-state index in [2.05, 4.69) is 43.0 Å². The standard InChI is InChI=1S/C14H25N3O/c1-9(2)13(18-6)14-16-10(3)12(7-8-15-5)11(4)17-14/h9,13,15H,7-8H2,1-6H3. The minimum Gasteiger partial charge on any atom is -0.373 e. The van der Waals surface area contributed by atoms with Gasteiger partial charge in [-0.05, 0) is 45.3 Å². The number of hydrogen-bond acceptors (Lipinski definition) is 4. The van der Waals surface area contributed by atoms with Gasteiger partial charge in [0.1, 0.15) is 6.10 Å². The van der Waals surface area contributed by atoms with Crippen molar-refractivity contribution in [2.45, 2.75) is 40.2 Å². The molecule has 0 radical (unpaired) electrons. The molecule has 0 spiro atoms. The third kappa shape index (κ3) is 3.50. The van der Waals surface area contributed by atoms with Crippen LogP contribution in [-0.4, -0.2) is 30.7 Å². The summed E-state index contributed by atoms with van der Waals surface area (Å²) in [5.74, 6) is 1.17. The number of hydrogen-bond donors (Lipinski definition) is 1. The topological polar surface area (TPSA) is 47.0 Å². The van der Waals surface area contributed by atoms with Gasteiger partial charge in [0.15, 0.2) is 5.82 Å². The van der Waals surface area contributed by atoms with E-state index in [1.807, 2.05) is 7.05 Å². The fraction of sp³-hybridized carbons (Fsp3) is 0.714. The second-order valence-corrected chi connectivity index (χ2v) is 4.99. The first-order valence-electron chi connectivity index (χ1n) is 6.52. The van der Waals surface area contributed by atoms with Crippen LogP contribution in [0.3, 0.4) is 0 Å². The molecule has 0 bridgehead atoms. The van der Waals surface area contributed by atoms with Crippen molar-refractivity contribution in [1.82, 2.24) is 15.3 Å². The Morgan fingerprint density at radius 3 is 2.11 bits per heavy atom. The number of nitrogens with one attached hydrogen (secondary N) is 1. The highest BCUT2D eigenvalue weighted by atomic mass is 16.5. The molecule has 0 aliphatic carbocycles. The van der Waals surface area contributed by atoms with E-state index < -0.39 is 0 Å². The average Bonchev–Trinajstić information content (AvgIpc) is 2.28. The van der Waals surface area contributed by atoms with Gasteiger partial charge in [-0.3, -0.25) is 0 Å². The molecular formula is C14H25N3O. The zero-order chi connectivity index (χ0) is 13.7. The Labute approximate surface area is 110 Å². The molecule has 4 nitrogen and oxygen atoms in total. The molecule has 0 aromatic carbocycles. The third-order valence-electron chi connectivity index (χ3n) is 3.18. The van der Waals surface area contributed by atoms with E-state index in [9.17, 15) is 0 Å². The summed E-state index contributed by atoms with van der Waals surface area (Å²) in [5.41, 5.74) is 3.37. The lowest BCUT2D eigenvalue weighted by Crippen LogP contribution is -2.17. The van der Waals surface area contributed by atoms with Crippen LogP contribution in [0.2, 0.25) is 0 Å². The summed E-state index contributed by atoms with van der Waals surface area (Å²) in [6, 6.07) is 0.